The van der Waals surface area contributed by atoms with E-state index in [4.69, 9.17) is 0 Å². The zero-order chi connectivity index (χ0) is 14.9. The lowest BCUT2D eigenvalue weighted by atomic mass is 10.1. The summed E-state index contributed by atoms with van der Waals surface area (Å²) in [4.78, 5) is 10.2. The second kappa shape index (κ2) is 5.61. The van der Waals surface area contributed by atoms with Crippen LogP contribution in [0.1, 0.15) is 12.7 Å². The molecule has 1 heterocycles. The first-order valence-corrected chi connectivity index (χ1v) is 6.73. The highest BCUT2D eigenvalue weighted by Crippen LogP contribution is 2.31. The van der Waals surface area contributed by atoms with Gasteiger partial charge in [0, 0.05) is 6.54 Å². The van der Waals surface area contributed by atoms with Gasteiger partial charge in [0.1, 0.15) is 11.4 Å². The summed E-state index contributed by atoms with van der Waals surface area (Å²) < 4.78 is 28.1. The molecule has 20 heavy (non-hydrogen) atoms. The number of hydrogen-bond donors (Lipinski definition) is 0. The maximum atomic E-state index is 13.4. The lowest BCUT2D eigenvalue weighted by Crippen LogP contribution is -2.04. The van der Waals surface area contributed by atoms with Crippen LogP contribution in [0.2, 0.25) is 0 Å². The summed E-state index contributed by atoms with van der Waals surface area (Å²) >= 11 is 3.22. The van der Waals surface area contributed by atoms with E-state index >= 15 is 0 Å². The molecule has 0 amide bonds. The Morgan fingerprint density at radius 1 is 1.35 bits per heavy atom. The van der Waals surface area contributed by atoms with Crippen molar-refractivity contribution in [3.8, 4) is 11.4 Å². The number of nitro groups is 1. The topological polar surface area (TPSA) is 73.8 Å². The fourth-order valence-electron chi connectivity index (χ4n) is 1.83. The van der Waals surface area contributed by atoms with E-state index in [-0.39, 0.29) is 11.4 Å². The van der Waals surface area contributed by atoms with Gasteiger partial charge in [0.05, 0.1) is 16.3 Å². The molecule has 6 nitrogen and oxygen atoms in total. The highest BCUT2D eigenvalue weighted by molar-refractivity contribution is 9.08. The SMILES string of the molecule is CCn1c(CBr)nnc1-c1cc(F)c(F)cc1[N+](=O)[O-]. The number of alkyl halides is 1. The van der Waals surface area contributed by atoms with Crippen LogP contribution in [0.5, 0.6) is 0 Å². The largest absolute Gasteiger partial charge is 0.310 e. The average molecular weight is 347 g/mol. The van der Waals surface area contributed by atoms with Crippen molar-refractivity contribution in [1.82, 2.24) is 14.8 Å². The van der Waals surface area contributed by atoms with Crippen LogP contribution in [0.3, 0.4) is 0 Å². The molecule has 2 rings (SSSR count). The van der Waals surface area contributed by atoms with Crippen LogP contribution in [0.25, 0.3) is 11.4 Å². The minimum absolute atomic E-state index is 0.101. The second-order valence-electron chi connectivity index (χ2n) is 3.86. The van der Waals surface area contributed by atoms with Crippen molar-refractivity contribution in [1.29, 1.82) is 0 Å². The molecule has 0 aliphatic heterocycles. The lowest BCUT2D eigenvalue weighted by Gasteiger charge is -2.07. The third-order valence-electron chi connectivity index (χ3n) is 2.74. The highest BCUT2D eigenvalue weighted by Gasteiger charge is 2.24. The summed E-state index contributed by atoms with van der Waals surface area (Å²) in [7, 11) is 0. The fourth-order valence-corrected chi connectivity index (χ4v) is 2.25. The molecule has 0 saturated heterocycles. The fraction of sp³-hybridized carbons (Fsp3) is 0.273. The van der Waals surface area contributed by atoms with E-state index in [1.807, 2.05) is 0 Å². The standard InChI is InChI=1S/C11H9BrF2N4O2/c1-2-17-10(5-12)15-16-11(17)6-3-7(13)8(14)4-9(6)18(19)20/h3-4H,2,5H2,1H3. The van der Waals surface area contributed by atoms with E-state index in [1.165, 1.54) is 0 Å². The van der Waals surface area contributed by atoms with Crippen molar-refractivity contribution in [3.05, 3.63) is 39.7 Å². The first-order valence-electron chi connectivity index (χ1n) is 5.61. The number of benzene rings is 1. The van der Waals surface area contributed by atoms with Crippen LogP contribution in [0.15, 0.2) is 12.1 Å². The van der Waals surface area contributed by atoms with Gasteiger partial charge in [-0.25, -0.2) is 8.78 Å². The monoisotopic (exact) mass is 346 g/mol. The molecule has 0 N–H and O–H groups in total. The normalized spacial score (nSPS) is 10.8. The Morgan fingerprint density at radius 3 is 2.55 bits per heavy atom. The predicted octanol–water partition coefficient (Wildman–Crippen LogP) is 3.05. The molecule has 0 bridgehead atoms. The Morgan fingerprint density at radius 2 is 2.00 bits per heavy atom. The smallest absolute Gasteiger partial charge is 0.283 e. The van der Waals surface area contributed by atoms with E-state index in [2.05, 4.69) is 26.1 Å². The summed E-state index contributed by atoms with van der Waals surface area (Å²) in [6.45, 7) is 2.24. The van der Waals surface area contributed by atoms with Crippen LogP contribution in [0, 0.1) is 21.7 Å². The van der Waals surface area contributed by atoms with Crippen LogP contribution in [-0.4, -0.2) is 19.7 Å². The van der Waals surface area contributed by atoms with Crippen LogP contribution < -0.4 is 0 Å². The van der Waals surface area contributed by atoms with Crippen LogP contribution >= 0.6 is 15.9 Å². The lowest BCUT2D eigenvalue weighted by molar-refractivity contribution is -0.384. The molecule has 0 aliphatic carbocycles. The van der Waals surface area contributed by atoms with Crippen molar-refractivity contribution in [2.24, 2.45) is 0 Å². The molecular formula is C11H9BrF2N4O2. The van der Waals surface area contributed by atoms with Crippen molar-refractivity contribution in [2.75, 3.05) is 0 Å². The molecule has 0 aliphatic rings. The number of rotatable bonds is 4. The zero-order valence-electron chi connectivity index (χ0n) is 10.3. The predicted molar refractivity (Wildman–Crippen MR) is 70.3 cm³/mol. The molecule has 106 valence electrons. The minimum Gasteiger partial charge on any atom is -0.310 e. The van der Waals surface area contributed by atoms with Crippen LogP contribution in [0.4, 0.5) is 14.5 Å². The molecule has 0 fully saturated rings. The molecule has 1 aromatic carbocycles. The van der Waals surface area contributed by atoms with E-state index in [0.29, 0.717) is 23.8 Å². The molecule has 2 aromatic rings. The van der Waals surface area contributed by atoms with Crippen molar-refractivity contribution >= 4 is 21.6 Å². The quantitative estimate of drug-likeness (QED) is 0.484. The molecule has 0 radical (unpaired) electrons. The third-order valence-corrected chi connectivity index (χ3v) is 3.24. The molecule has 0 atom stereocenters. The first-order chi connectivity index (χ1) is 9.49. The first kappa shape index (κ1) is 14.5. The molecule has 0 unspecified atom stereocenters. The number of nitro benzene ring substituents is 1. The number of nitrogens with zero attached hydrogens (tertiary/aromatic N) is 4. The van der Waals surface area contributed by atoms with Gasteiger partial charge in [-0.1, -0.05) is 15.9 Å². The highest BCUT2D eigenvalue weighted by atomic mass is 79.9. The van der Waals surface area contributed by atoms with Gasteiger partial charge in [0.15, 0.2) is 17.5 Å². The Labute approximate surface area is 120 Å². The molecule has 0 saturated carbocycles. The van der Waals surface area contributed by atoms with Gasteiger partial charge in [-0.3, -0.25) is 10.1 Å². The van der Waals surface area contributed by atoms with Gasteiger partial charge < -0.3 is 4.57 Å². The maximum Gasteiger partial charge on any atom is 0.283 e. The van der Waals surface area contributed by atoms with E-state index < -0.39 is 22.2 Å². The summed E-state index contributed by atoms with van der Waals surface area (Å²) in [5.41, 5.74) is -0.650. The maximum absolute atomic E-state index is 13.4. The van der Waals surface area contributed by atoms with E-state index in [1.54, 1.807) is 11.5 Å². The average Bonchev–Trinajstić information content (AvgIpc) is 2.83. The molecular weight excluding hydrogens is 338 g/mol. The van der Waals surface area contributed by atoms with Crippen molar-refractivity contribution in [2.45, 2.75) is 18.8 Å². The summed E-state index contributed by atoms with van der Waals surface area (Å²) in [6.07, 6.45) is 0. The van der Waals surface area contributed by atoms with E-state index in [0.717, 1.165) is 6.07 Å². The summed E-state index contributed by atoms with van der Waals surface area (Å²) in [5.74, 6) is -1.77. The Kier molecular flexibility index (Phi) is 4.07. The van der Waals surface area contributed by atoms with Gasteiger partial charge in [0.25, 0.3) is 5.69 Å². The minimum atomic E-state index is -1.27. The van der Waals surface area contributed by atoms with Crippen molar-refractivity contribution in [3.63, 3.8) is 0 Å². The third kappa shape index (κ3) is 2.40. The Bertz CT molecular complexity index is 675. The van der Waals surface area contributed by atoms with Crippen molar-refractivity contribution < 1.29 is 13.7 Å². The van der Waals surface area contributed by atoms with Gasteiger partial charge in [-0.15, -0.1) is 10.2 Å². The van der Waals surface area contributed by atoms with E-state index in [9.17, 15) is 18.9 Å². The summed E-state index contributed by atoms with van der Waals surface area (Å²) in [5, 5.41) is 19.1. The number of hydrogen-bond acceptors (Lipinski definition) is 4. The van der Waals surface area contributed by atoms with Gasteiger partial charge in [-0.05, 0) is 13.0 Å². The zero-order valence-corrected chi connectivity index (χ0v) is 11.9. The molecule has 1 aromatic heterocycles. The van der Waals surface area contributed by atoms with Crippen LogP contribution in [-0.2, 0) is 11.9 Å². The van der Waals surface area contributed by atoms with Gasteiger partial charge >= 0.3 is 0 Å². The number of aromatic nitrogens is 3. The molecule has 9 heteroatoms. The Hall–Kier alpha value is -1.90. The Balaban J connectivity index is 2.71. The second-order valence-corrected chi connectivity index (χ2v) is 4.42. The number of halogens is 3. The van der Waals surface area contributed by atoms with Gasteiger partial charge in [0.2, 0.25) is 0 Å². The molecule has 0 spiro atoms. The van der Waals surface area contributed by atoms with Gasteiger partial charge in [-0.2, -0.15) is 0 Å². The summed E-state index contributed by atoms with van der Waals surface area (Å²) in [6, 6.07) is 1.31.